The number of imide groups is 1. The molecule has 1 aliphatic heterocycles. The molecule has 0 aromatic carbocycles. The van der Waals surface area contributed by atoms with E-state index in [1.165, 1.54) is 0 Å². The van der Waals surface area contributed by atoms with Gasteiger partial charge >= 0.3 is 0 Å². The fraction of sp³-hybridized carbons (Fsp3) is 0.545. The van der Waals surface area contributed by atoms with Gasteiger partial charge in [-0.3, -0.25) is 20.2 Å². The minimum atomic E-state index is -0.417. The van der Waals surface area contributed by atoms with Crippen molar-refractivity contribution in [3.8, 4) is 0 Å². The first-order chi connectivity index (χ1) is 7.97. The molecule has 2 atom stereocenters. The van der Waals surface area contributed by atoms with Gasteiger partial charge in [0.2, 0.25) is 11.8 Å². The lowest BCUT2D eigenvalue weighted by Gasteiger charge is -2.16. The molecule has 0 bridgehead atoms. The second-order valence-electron chi connectivity index (χ2n) is 4.24. The van der Waals surface area contributed by atoms with Gasteiger partial charge in [0.25, 0.3) is 0 Å². The highest BCUT2D eigenvalue weighted by atomic mass is 32.1. The molecule has 2 amide bonds. The maximum absolute atomic E-state index is 11.4. The minimum absolute atomic E-state index is 0.0304. The van der Waals surface area contributed by atoms with Crippen LogP contribution in [0.2, 0.25) is 0 Å². The summed E-state index contributed by atoms with van der Waals surface area (Å²) in [5.74, 6) is -0.447. The summed E-state index contributed by atoms with van der Waals surface area (Å²) in [7, 11) is 0. The molecule has 1 aromatic heterocycles. The molecule has 17 heavy (non-hydrogen) atoms. The second-order valence-corrected chi connectivity index (χ2v) is 5.47. The van der Waals surface area contributed by atoms with Crippen LogP contribution in [0.25, 0.3) is 0 Å². The lowest BCUT2D eigenvalue weighted by molar-refractivity contribution is -0.125. The normalized spacial score (nSPS) is 21.7. The number of carbonyl (C=O) groups is 2. The molecule has 2 rings (SSSR count). The number of hydrogen-bond acceptors (Lipinski definition) is 5. The van der Waals surface area contributed by atoms with Crippen molar-refractivity contribution in [3.63, 3.8) is 0 Å². The summed E-state index contributed by atoms with van der Waals surface area (Å²) in [6.07, 6.45) is 0.222. The maximum Gasteiger partial charge on any atom is 0.244 e. The molecule has 6 heteroatoms. The molecule has 92 valence electrons. The van der Waals surface area contributed by atoms with Crippen LogP contribution >= 0.6 is 11.3 Å². The molecule has 1 saturated heterocycles. The summed E-state index contributed by atoms with van der Waals surface area (Å²) in [6, 6.07) is -0.387. The quantitative estimate of drug-likeness (QED) is 0.783. The van der Waals surface area contributed by atoms with E-state index in [1.807, 2.05) is 20.8 Å². The fourth-order valence-electron chi connectivity index (χ4n) is 2.01. The van der Waals surface area contributed by atoms with Crippen LogP contribution in [-0.4, -0.2) is 22.8 Å². The van der Waals surface area contributed by atoms with E-state index in [-0.39, 0.29) is 24.3 Å². The van der Waals surface area contributed by atoms with Gasteiger partial charge in [-0.25, -0.2) is 4.98 Å². The summed E-state index contributed by atoms with van der Waals surface area (Å²) >= 11 is 1.62. The molecule has 1 aromatic rings. The summed E-state index contributed by atoms with van der Waals surface area (Å²) in [5.41, 5.74) is 0.984. The zero-order valence-electron chi connectivity index (χ0n) is 10.0. The number of amides is 2. The lowest BCUT2D eigenvalue weighted by atomic mass is 10.2. The number of rotatable bonds is 3. The van der Waals surface area contributed by atoms with E-state index in [4.69, 9.17) is 0 Å². The standard InChI is InChI=1S/C11H15N3O2S/c1-5-10(17-7(3)12-5)6(2)13-8-4-9(15)14-11(8)16/h6,8,13H,4H2,1-3H3,(H,14,15,16). The first-order valence-electron chi connectivity index (χ1n) is 5.51. The first-order valence-corrected chi connectivity index (χ1v) is 6.32. The average Bonchev–Trinajstić information content (AvgIpc) is 2.70. The Balaban J connectivity index is 2.07. The van der Waals surface area contributed by atoms with E-state index in [1.54, 1.807) is 11.3 Å². The van der Waals surface area contributed by atoms with Crippen molar-refractivity contribution in [2.75, 3.05) is 0 Å². The zero-order valence-corrected chi connectivity index (χ0v) is 10.9. The van der Waals surface area contributed by atoms with Gasteiger partial charge in [0.05, 0.1) is 23.2 Å². The Morgan fingerprint density at radius 1 is 1.47 bits per heavy atom. The second kappa shape index (κ2) is 4.54. The van der Waals surface area contributed by atoms with Crippen LogP contribution in [0.4, 0.5) is 0 Å². The lowest BCUT2D eigenvalue weighted by Crippen LogP contribution is -2.37. The smallest absolute Gasteiger partial charge is 0.244 e. The topological polar surface area (TPSA) is 71.1 Å². The van der Waals surface area contributed by atoms with Gasteiger partial charge in [0, 0.05) is 10.9 Å². The molecule has 1 aliphatic rings. The molecule has 2 unspecified atom stereocenters. The van der Waals surface area contributed by atoms with Gasteiger partial charge in [-0.15, -0.1) is 11.3 Å². The number of aromatic nitrogens is 1. The van der Waals surface area contributed by atoms with Crippen molar-refractivity contribution >= 4 is 23.2 Å². The molecule has 2 heterocycles. The number of hydrogen-bond donors (Lipinski definition) is 2. The van der Waals surface area contributed by atoms with Crippen LogP contribution in [0.1, 0.15) is 35.0 Å². The number of thiazole rings is 1. The van der Waals surface area contributed by atoms with Crippen molar-refractivity contribution in [2.45, 2.75) is 39.3 Å². The van der Waals surface area contributed by atoms with Crippen molar-refractivity contribution in [3.05, 3.63) is 15.6 Å². The van der Waals surface area contributed by atoms with E-state index in [9.17, 15) is 9.59 Å². The van der Waals surface area contributed by atoms with Crippen molar-refractivity contribution in [2.24, 2.45) is 0 Å². The molecule has 2 N–H and O–H groups in total. The number of aryl methyl sites for hydroxylation is 2. The third kappa shape index (κ3) is 2.53. The Hall–Kier alpha value is -1.27. The molecule has 0 saturated carbocycles. The van der Waals surface area contributed by atoms with E-state index in [0.717, 1.165) is 15.6 Å². The molecule has 5 nitrogen and oxygen atoms in total. The molecule has 0 radical (unpaired) electrons. The predicted molar refractivity (Wildman–Crippen MR) is 64.7 cm³/mol. The third-order valence-corrected chi connectivity index (χ3v) is 4.01. The summed E-state index contributed by atoms with van der Waals surface area (Å²) < 4.78 is 0. The number of carbonyl (C=O) groups excluding carboxylic acids is 2. The average molecular weight is 253 g/mol. The minimum Gasteiger partial charge on any atom is -0.298 e. The molecular weight excluding hydrogens is 238 g/mol. The van der Waals surface area contributed by atoms with Crippen molar-refractivity contribution in [1.29, 1.82) is 0 Å². The number of nitrogens with one attached hydrogen (secondary N) is 2. The van der Waals surface area contributed by atoms with E-state index in [2.05, 4.69) is 15.6 Å². The molecule has 1 fully saturated rings. The van der Waals surface area contributed by atoms with Crippen LogP contribution in [0.15, 0.2) is 0 Å². The van der Waals surface area contributed by atoms with Crippen LogP contribution < -0.4 is 10.6 Å². The van der Waals surface area contributed by atoms with Gasteiger partial charge in [-0.05, 0) is 20.8 Å². The van der Waals surface area contributed by atoms with Crippen LogP contribution in [0.3, 0.4) is 0 Å². The zero-order chi connectivity index (χ0) is 12.6. The van der Waals surface area contributed by atoms with Gasteiger partial charge in [0.1, 0.15) is 0 Å². The maximum atomic E-state index is 11.4. The van der Waals surface area contributed by atoms with Crippen LogP contribution in [-0.2, 0) is 9.59 Å². The highest BCUT2D eigenvalue weighted by Gasteiger charge is 2.31. The van der Waals surface area contributed by atoms with E-state index in [0.29, 0.717) is 0 Å². The highest BCUT2D eigenvalue weighted by molar-refractivity contribution is 7.11. The molecular formula is C11H15N3O2S. The monoisotopic (exact) mass is 253 g/mol. The summed E-state index contributed by atoms with van der Waals surface area (Å²) in [6.45, 7) is 5.90. The Bertz CT molecular complexity index is 469. The Labute approximate surface area is 104 Å². The van der Waals surface area contributed by atoms with Gasteiger partial charge in [0.15, 0.2) is 0 Å². The van der Waals surface area contributed by atoms with Crippen LogP contribution in [0.5, 0.6) is 0 Å². The Morgan fingerprint density at radius 3 is 2.65 bits per heavy atom. The Kier molecular flexibility index (Phi) is 3.26. The Morgan fingerprint density at radius 2 is 2.18 bits per heavy atom. The van der Waals surface area contributed by atoms with Crippen molar-refractivity contribution in [1.82, 2.24) is 15.6 Å². The van der Waals surface area contributed by atoms with Crippen LogP contribution in [0, 0.1) is 13.8 Å². The molecule has 0 aliphatic carbocycles. The fourth-order valence-corrected chi connectivity index (χ4v) is 2.95. The van der Waals surface area contributed by atoms with E-state index < -0.39 is 6.04 Å². The van der Waals surface area contributed by atoms with Gasteiger partial charge < -0.3 is 0 Å². The largest absolute Gasteiger partial charge is 0.298 e. The summed E-state index contributed by atoms with van der Waals surface area (Å²) in [4.78, 5) is 28.0. The van der Waals surface area contributed by atoms with Gasteiger partial charge in [-0.2, -0.15) is 0 Å². The predicted octanol–water partition coefficient (Wildman–Crippen LogP) is 0.826. The third-order valence-electron chi connectivity index (χ3n) is 2.75. The van der Waals surface area contributed by atoms with Crippen molar-refractivity contribution < 1.29 is 9.59 Å². The SMILES string of the molecule is Cc1nc(C)c(C(C)NC2CC(=O)NC2=O)s1. The number of nitrogens with zero attached hydrogens (tertiary/aromatic N) is 1. The van der Waals surface area contributed by atoms with Gasteiger partial charge in [-0.1, -0.05) is 0 Å². The first kappa shape index (κ1) is 12.2. The summed E-state index contributed by atoms with van der Waals surface area (Å²) in [5, 5.41) is 6.47. The highest BCUT2D eigenvalue weighted by Crippen LogP contribution is 2.25. The van der Waals surface area contributed by atoms with E-state index >= 15 is 0 Å². The molecule has 0 spiro atoms.